The highest BCUT2D eigenvalue weighted by molar-refractivity contribution is 5.72. The highest BCUT2D eigenvalue weighted by Crippen LogP contribution is 2.44. The van der Waals surface area contributed by atoms with Gasteiger partial charge in [0, 0.05) is 37.3 Å². The fourth-order valence-corrected chi connectivity index (χ4v) is 3.27. The Morgan fingerprint density at radius 2 is 2.11 bits per heavy atom. The summed E-state index contributed by atoms with van der Waals surface area (Å²) in [5.74, 6) is 0. The number of carbonyl (C=O) groups excluding carboxylic acids is 1. The molecule has 1 saturated heterocycles. The van der Waals surface area contributed by atoms with Crippen LogP contribution in [0.25, 0.3) is 0 Å². The molecule has 0 radical (unpaired) electrons. The van der Waals surface area contributed by atoms with Crippen molar-refractivity contribution in [2.45, 2.75) is 24.8 Å². The molecule has 0 atom stereocenters. The van der Waals surface area contributed by atoms with Crippen molar-refractivity contribution in [2.24, 2.45) is 11.5 Å². The number of nitrogens with one attached hydrogen (secondary N) is 1. The van der Waals surface area contributed by atoms with Crippen molar-refractivity contribution in [1.82, 2.24) is 4.90 Å². The lowest BCUT2D eigenvalue weighted by atomic mass is 9.74. The van der Waals surface area contributed by atoms with Crippen LogP contribution in [-0.4, -0.2) is 30.6 Å². The van der Waals surface area contributed by atoms with Gasteiger partial charge in [0.05, 0.1) is 0 Å². The molecule has 0 aliphatic carbocycles. The Morgan fingerprint density at radius 3 is 2.74 bits per heavy atom. The maximum Gasteiger partial charge on any atom is 0.314 e. The zero-order valence-corrected chi connectivity index (χ0v) is 11.0. The van der Waals surface area contributed by atoms with Crippen molar-refractivity contribution >= 4 is 11.7 Å². The number of carbonyl (C=O) groups is 1. The molecule has 1 spiro atoms. The van der Waals surface area contributed by atoms with Gasteiger partial charge in [-0.05, 0) is 30.0 Å². The minimum Gasteiger partial charge on any atom is -0.384 e. The monoisotopic (exact) mass is 260 g/mol. The first-order chi connectivity index (χ1) is 9.14. The number of amides is 2. The summed E-state index contributed by atoms with van der Waals surface area (Å²) < 4.78 is 0. The van der Waals surface area contributed by atoms with Crippen LogP contribution in [0.1, 0.15) is 24.0 Å². The second-order valence-electron chi connectivity index (χ2n) is 5.54. The van der Waals surface area contributed by atoms with Gasteiger partial charge in [-0.3, -0.25) is 0 Å². The molecule has 0 bridgehead atoms. The van der Waals surface area contributed by atoms with Gasteiger partial charge in [0.2, 0.25) is 0 Å². The number of piperidine rings is 1. The minimum atomic E-state index is -0.309. The van der Waals surface area contributed by atoms with Crippen LogP contribution < -0.4 is 16.8 Å². The van der Waals surface area contributed by atoms with Gasteiger partial charge in [-0.15, -0.1) is 0 Å². The van der Waals surface area contributed by atoms with E-state index in [1.54, 1.807) is 4.90 Å². The number of fused-ring (bicyclic) bond motifs is 2. The number of urea groups is 1. The van der Waals surface area contributed by atoms with E-state index in [1.807, 2.05) is 0 Å². The number of hydrogen-bond acceptors (Lipinski definition) is 3. The highest BCUT2D eigenvalue weighted by Gasteiger charge is 2.41. The van der Waals surface area contributed by atoms with E-state index in [0.29, 0.717) is 6.54 Å². The molecule has 0 unspecified atom stereocenters. The molecule has 3 rings (SSSR count). The lowest BCUT2D eigenvalue weighted by Gasteiger charge is -2.38. The third-order valence-corrected chi connectivity index (χ3v) is 4.54. The smallest absolute Gasteiger partial charge is 0.314 e. The zero-order valence-electron chi connectivity index (χ0n) is 11.0. The Balaban J connectivity index is 1.87. The van der Waals surface area contributed by atoms with Gasteiger partial charge in [0.1, 0.15) is 0 Å². The second-order valence-corrected chi connectivity index (χ2v) is 5.54. The molecule has 2 aliphatic heterocycles. The molecule has 2 heterocycles. The van der Waals surface area contributed by atoms with E-state index in [4.69, 9.17) is 11.5 Å². The molecule has 1 aromatic carbocycles. The largest absolute Gasteiger partial charge is 0.384 e. The Hall–Kier alpha value is -1.75. The molecular formula is C14H20N4O. The van der Waals surface area contributed by atoms with Crippen LogP contribution in [0.5, 0.6) is 0 Å². The lowest BCUT2D eigenvalue weighted by Crippen LogP contribution is -2.47. The van der Waals surface area contributed by atoms with Crippen LogP contribution in [0.3, 0.4) is 0 Å². The molecule has 5 nitrogen and oxygen atoms in total. The van der Waals surface area contributed by atoms with Crippen LogP contribution in [0.4, 0.5) is 10.5 Å². The van der Waals surface area contributed by atoms with Crippen LogP contribution in [0.15, 0.2) is 18.2 Å². The van der Waals surface area contributed by atoms with Crippen LogP contribution in [0, 0.1) is 0 Å². The predicted octanol–water partition coefficient (Wildman–Crippen LogP) is 0.983. The molecule has 0 saturated carbocycles. The van der Waals surface area contributed by atoms with Gasteiger partial charge in [0.15, 0.2) is 0 Å². The first kappa shape index (κ1) is 12.3. The normalized spacial score (nSPS) is 20.2. The topological polar surface area (TPSA) is 84.4 Å². The van der Waals surface area contributed by atoms with E-state index < -0.39 is 0 Å². The van der Waals surface area contributed by atoms with Crippen molar-refractivity contribution < 1.29 is 4.79 Å². The zero-order chi connectivity index (χ0) is 13.5. The van der Waals surface area contributed by atoms with Gasteiger partial charge in [-0.1, -0.05) is 12.1 Å². The van der Waals surface area contributed by atoms with Gasteiger partial charge >= 0.3 is 6.03 Å². The van der Waals surface area contributed by atoms with Crippen LogP contribution in [0.2, 0.25) is 0 Å². The highest BCUT2D eigenvalue weighted by atomic mass is 16.2. The lowest BCUT2D eigenvalue weighted by molar-refractivity contribution is 0.171. The summed E-state index contributed by atoms with van der Waals surface area (Å²) >= 11 is 0. The minimum absolute atomic E-state index is 0.145. The van der Waals surface area contributed by atoms with Crippen molar-refractivity contribution in [3.63, 3.8) is 0 Å². The number of likely N-dealkylation sites (tertiary alicyclic amines) is 1. The average molecular weight is 260 g/mol. The van der Waals surface area contributed by atoms with Crippen LogP contribution >= 0.6 is 0 Å². The number of primary amides is 1. The van der Waals surface area contributed by atoms with E-state index in [9.17, 15) is 4.79 Å². The second kappa shape index (κ2) is 4.42. The van der Waals surface area contributed by atoms with Crippen molar-refractivity contribution in [1.29, 1.82) is 0 Å². The summed E-state index contributed by atoms with van der Waals surface area (Å²) in [6, 6.07) is 6.10. The first-order valence-electron chi connectivity index (χ1n) is 6.76. The summed E-state index contributed by atoms with van der Waals surface area (Å²) in [6.07, 6.45) is 1.92. The van der Waals surface area contributed by atoms with E-state index in [2.05, 4.69) is 23.5 Å². The van der Waals surface area contributed by atoms with E-state index in [0.717, 1.165) is 32.5 Å². The van der Waals surface area contributed by atoms with Gasteiger partial charge in [-0.25, -0.2) is 4.79 Å². The molecule has 2 aliphatic rings. The summed E-state index contributed by atoms with van der Waals surface area (Å²) in [5.41, 5.74) is 15.0. The summed E-state index contributed by atoms with van der Waals surface area (Å²) in [6.45, 7) is 2.99. The first-order valence-corrected chi connectivity index (χ1v) is 6.76. The molecule has 5 heteroatoms. The van der Waals surface area contributed by atoms with Gasteiger partial charge in [0.25, 0.3) is 0 Å². The van der Waals surface area contributed by atoms with E-state index in [-0.39, 0.29) is 11.4 Å². The molecule has 102 valence electrons. The maximum absolute atomic E-state index is 11.2. The number of anilines is 1. The van der Waals surface area contributed by atoms with E-state index >= 15 is 0 Å². The molecule has 0 aromatic heterocycles. The van der Waals surface area contributed by atoms with Crippen molar-refractivity contribution in [2.75, 3.05) is 25.0 Å². The standard InChI is InChI=1S/C14H20N4O/c15-8-10-1-2-12-11(7-10)14(9-17-12)3-5-18(6-4-14)13(16)19/h1-2,7,17H,3-6,8-9,15H2,(H2,16,19). The molecule has 1 fully saturated rings. The Kier molecular flexibility index (Phi) is 2.86. The number of rotatable bonds is 1. The van der Waals surface area contributed by atoms with Gasteiger partial charge < -0.3 is 21.7 Å². The molecule has 1 aromatic rings. The number of hydrogen-bond donors (Lipinski definition) is 3. The number of nitrogens with two attached hydrogens (primary N) is 2. The Bertz CT molecular complexity index is 506. The van der Waals surface area contributed by atoms with Crippen molar-refractivity contribution in [3.05, 3.63) is 29.3 Å². The Morgan fingerprint density at radius 1 is 1.37 bits per heavy atom. The molecular weight excluding hydrogens is 240 g/mol. The number of benzene rings is 1. The fourth-order valence-electron chi connectivity index (χ4n) is 3.27. The average Bonchev–Trinajstić information content (AvgIpc) is 2.78. The predicted molar refractivity (Wildman–Crippen MR) is 74.9 cm³/mol. The van der Waals surface area contributed by atoms with Crippen molar-refractivity contribution in [3.8, 4) is 0 Å². The SMILES string of the molecule is NCc1ccc2c(c1)C1(CCN(C(N)=O)CC1)CN2. The summed E-state index contributed by atoms with van der Waals surface area (Å²) in [4.78, 5) is 13.0. The van der Waals surface area contributed by atoms with Crippen LogP contribution in [-0.2, 0) is 12.0 Å². The molecule has 19 heavy (non-hydrogen) atoms. The number of nitrogens with zero attached hydrogens (tertiary/aromatic N) is 1. The molecule has 5 N–H and O–H groups in total. The third-order valence-electron chi connectivity index (χ3n) is 4.54. The molecule has 2 amide bonds. The quantitative estimate of drug-likeness (QED) is 0.704. The fraction of sp³-hybridized carbons (Fsp3) is 0.500. The summed E-state index contributed by atoms with van der Waals surface area (Å²) in [7, 11) is 0. The Labute approximate surface area is 112 Å². The van der Waals surface area contributed by atoms with Gasteiger partial charge in [-0.2, -0.15) is 0 Å². The van der Waals surface area contributed by atoms with E-state index in [1.165, 1.54) is 16.8 Å². The summed E-state index contributed by atoms with van der Waals surface area (Å²) in [5, 5.41) is 3.48. The maximum atomic E-state index is 11.2. The third kappa shape index (κ3) is 1.94.